The zero-order chi connectivity index (χ0) is 26.7. The van der Waals surface area contributed by atoms with Crippen LogP contribution in [0.15, 0.2) is 41.3 Å². The summed E-state index contributed by atoms with van der Waals surface area (Å²) in [5, 5.41) is 20.3. The second kappa shape index (κ2) is 11.1. The van der Waals surface area contributed by atoms with E-state index in [4.69, 9.17) is 16.2 Å². The summed E-state index contributed by atoms with van der Waals surface area (Å²) < 4.78 is 47.7. The second-order valence-corrected chi connectivity index (χ2v) is 10.2. The molecule has 0 spiro atoms. The number of hydrogen-bond donors (Lipinski definition) is 6. The van der Waals surface area contributed by atoms with Gasteiger partial charge in [-0.25, -0.2) is 23.2 Å². The first kappa shape index (κ1) is 27.9. The number of esters is 1. The number of ether oxygens (including phenoxy) is 2. The highest BCUT2D eigenvalue weighted by molar-refractivity contribution is 7.61. The Balaban J connectivity index is 1.52. The number of hydrogen-bond acceptors (Lipinski definition) is 14. The molecule has 0 bridgehead atoms. The Morgan fingerprint density at radius 3 is 2.42 bits per heavy atom. The summed E-state index contributed by atoms with van der Waals surface area (Å²) >= 11 is 0. The van der Waals surface area contributed by atoms with Crippen molar-refractivity contribution in [2.45, 2.75) is 24.5 Å². The van der Waals surface area contributed by atoms with Crippen LogP contribution in [-0.4, -0.2) is 67.2 Å². The van der Waals surface area contributed by atoms with Crippen LogP contribution < -0.4 is 17.2 Å². The van der Waals surface area contributed by atoms with E-state index in [-0.39, 0.29) is 17.1 Å². The van der Waals surface area contributed by atoms with E-state index in [1.165, 1.54) is 24.3 Å². The molecule has 2 aromatic rings. The molecule has 0 radical (unpaired) electrons. The highest BCUT2D eigenvalue weighted by Crippen LogP contribution is 2.60. The maximum atomic E-state index is 12.1. The molecule has 36 heavy (non-hydrogen) atoms. The quantitative estimate of drug-likeness (QED) is 0.0901. The maximum absolute atomic E-state index is 12.1. The van der Waals surface area contributed by atoms with Crippen molar-refractivity contribution in [1.82, 2.24) is 9.55 Å². The lowest BCUT2D eigenvalue weighted by atomic mass is 10.1. The van der Waals surface area contributed by atoms with Gasteiger partial charge in [-0.1, -0.05) is 12.1 Å². The molecule has 3 rings (SSSR count). The molecule has 0 aliphatic carbocycles. The standard InChI is InChI=1S/C17H22N4O13P2/c18-10-4-2-1-3-9(10)16(24)30-8-32-36(28,29)34-35(26,27)31-7-11-13(22)14(23)15(33-11)21-6-5-12(19)20-17(21)25/h1-6,11,13-15,22-23H,7-8,18H2,(H,26,27)(H,28,29)(H2,19,20,25)/t11-,13-,14-,15-/m1/s1. The molecule has 1 aromatic carbocycles. The largest absolute Gasteiger partial charge is 0.484 e. The fourth-order valence-electron chi connectivity index (χ4n) is 2.97. The van der Waals surface area contributed by atoms with E-state index >= 15 is 0 Å². The van der Waals surface area contributed by atoms with Crippen LogP contribution in [0, 0.1) is 0 Å². The molecule has 6 atom stereocenters. The third-order valence-electron chi connectivity index (χ3n) is 4.66. The summed E-state index contributed by atoms with van der Waals surface area (Å²) in [6, 6.07) is 7.01. The molecule has 1 aliphatic heterocycles. The molecule has 0 saturated carbocycles. The molecule has 19 heteroatoms. The highest BCUT2D eigenvalue weighted by atomic mass is 31.3. The van der Waals surface area contributed by atoms with E-state index in [0.717, 1.165) is 10.8 Å². The van der Waals surface area contributed by atoms with Crippen LogP contribution >= 0.6 is 15.6 Å². The van der Waals surface area contributed by atoms with Crippen LogP contribution in [0.1, 0.15) is 16.6 Å². The number of rotatable bonds is 10. The van der Waals surface area contributed by atoms with E-state index in [0.29, 0.717) is 0 Å². The summed E-state index contributed by atoms with van der Waals surface area (Å²) in [7, 11) is -10.6. The van der Waals surface area contributed by atoms with Gasteiger partial charge in [0.05, 0.1) is 12.2 Å². The van der Waals surface area contributed by atoms with E-state index < -0.39 is 65.2 Å². The number of carbonyl (C=O) groups excluding carboxylic acids is 1. The van der Waals surface area contributed by atoms with Crippen LogP contribution in [0.5, 0.6) is 0 Å². The lowest BCUT2D eigenvalue weighted by molar-refractivity contribution is -0.0544. The molecule has 1 saturated heterocycles. The van der Waals surface area contributed by atoms with Gasteiger partial charge in [-0.05, 0) is 18.2 Å². The van der Waals surface area contributed by atoms with Gasteiger partial charge in [-0.15, -0.1) is 0 Å². The first-order chi connectivity index (χ1) is 16.8. The topological polar surface area (TPSA) is 265 Å². The van der Waals surface area contributed by atoms with Crippen molar-refractivity contribution in [3.8, 4) is 0 Å². The van der Waals surface area contributed by atoms with Gasteiger partial charge in [0, 0.05) is 11.9 Å². The molecule has 1 fully saturated rings. The molecule has 17 nitrogen and oxygen atoms in total. The number of nitrogens with two attached hydrogens (primary N) is 2. The fourth-order valence-corrected chi connectivity index (χ4v) is 4.91. The number of aliphatic hydroxyl groups is 2. The van der Waals surface area contributed by atoms with Gasteiger partial charge < -0.3 is 40.9 Å². The minimum Gasteiger partial charge on any atom is -0.434 e. The lowest BCUT2D eigenvalue weighted by Crippen LogP contribution is -2.36. The molecule has 8 N–H and O–H groups in total. The molecule has 2 unspecified atom stereocenters. The molecular weight excluding hydrogens is 530 g/mol. The van der Waals surface area contributed by atoms with E-state index in [1.54, 1.807) is 6.07 Å². The van der Waals surface area contributed by atoms with Crippen molar-refractivity contribution in [2.24, 2.45) is 0 Å². The van der Waals surface area contributed by atoms with Gasteiger partial charge >= 0.3 is 27.3 Å². The predicted octanol–water partition coefficient (Wildman–Crippen LogP) is -0.908. The van der Waals surface area contributed by atoms with E-state index in [2.05, 4.69) is 23.1 Å². The first-order valence-corrected chi connectivity index (χ1v) is 12.8. The van der Waals surface area contributed by atoms with Gasteiger partial charge in [0.1, 0.15) is 24.1 Å². The van der Waals surface area contributed by atoms with Crippen LogP contribution in [0.2, 0.25) is 0 Å². The Morgan fingerprint density at radius 1 is 1.08 bits per heavy atom. The second-order valence-electron chi connectivity index (χ2n) is 7.17. The van der Waals surface area contributed by atoms with Crippen molar-refractivity contribution < 1.29 is 56.8 Å². The van der Waals surface area contributed by atoms with Crippen LogP contribution in [0.25, 0.3) is 0 Å². The van der Waals surface area contributed by atoms with E-state index in [9.17, 15) is 38.7 Å². The van der Waals surface area contributed by atoms with Crippen molar-refractivity contribution in [3.05, 3.63) is 52.6 Å². The van der Waals surface area contributed by atoms with Gasteiger partial charge in [-0.3, -0.25) is 9.09 Å². The summed E-state index contributed by atoms with van der Waals surface area (Å²) in [5.74, 6) is -1.11. The molecule has 198 valence electrons. The number of benzene rings is 1. The number of phosphoric ester groups is 2. The molecule has 2 heterocycles. The minimum absolute atomic E-state index is 0.0569. The van der Waals surface area contributed by atoms with Crippen LogP contribution in [-0.2, 0) is 32.0 Å². The third-order valence-corrected chi connectivity index (χ3v) is 7.22. The molecular formula is C17H22N4O13P2. The normalized spacial score (nSPS) is 25.1. The van der Waals surface area contributed by atoms with Gasteiger partial charge in [0.15, 0.2) is 6.23 Å². The molecule has 1 aliphatic rings. The Morgan fingerprint density at radius 2 is 1.75 bits per heavy atom. The molecule has 0 amide bonds. The number of para-hydroxylation sites is 1. The average Bonchev–Trinajstić information content (AvgIpc) is 3.05. The SMILES string of the molecule is Nc1ccn([C@@H]2O[C@H](COP(=O)(O)OP(=O)(O)OCOC(=O)c3ccccc3N)[C@@H](O)[C@H]2O)c(=O)n1. The van der Waals surface area contributed by atoms with Gasteiger partial charge in [-0.2, -0.15) is 9.29 Å². The number of anilines is 2. The number of nitrogens with zero attached hydrogens (tertiary/aromatic N) is 2. The zero-order valence-corrected chi connectivity index (χ0v) is 19.9. The summed E-state index contributed by atoms with van der Waals surface area (Å²) in [6.07, 6.45) is -5.17. The fraction of sp³-hybridized carbons (Fsp3) is 0.353. The Bertz CT molecular complexity index is 1260. The summed E-state index contributed by atoms with van der Waals surface area (Å²) in [6.45, 7) is -2.08. The van der Waals surface area contributed by atoms with Crippen LogP contribution in [0.4, 0.5) is 11.5 Å². The zero-order valence-electron chi connectivity index (χ0n) is 18.1. The van der Waals surface area contributed by atoms with Crippen molar-refractivity contribution in [2.75, 3.05) is 24.9 Å². The summed E-state index contributed by atoms with van der Waals surface area (Å²) in [4.78, 5) is 46.7. The Kier molecular flexibility index (Phi) is 8.63. The smallest absolute Gasteiger partial charge is 0.434 e. The maximum Gasteiger partial charge on any atom is 0.484 e. The Labute approximate surface area is 202 Å². The third kappa shape index (κ3) is 6.96. The van der Waals surface area contributed by atoms with Gasteiger partial charge in [0.2, 0.25) is 6.79 Å². The van der Waals surface area contributed by atoms with Crippen LogP contribution in [0.3, 0.4) is 0 Å². The van der Waals surface area contributed by atoms with E-state index in [1.807, 2.05) is 0 Å². The van der Waals surface area contributed by atoms with Crippen molar-refractivity contribution in [3.63, 3.8) is 0 Å². The number of carbonyl (C=O) groups is 1. The predicted molar refractivity (Wildman–Crippen MR) is 118 cm³/mol. The van der Waals surface area contributed by atoms with Crippen molar-refractivity contribution >= 4 is 33.1 Å². The number of aromatic nitrogens is 2. The first-order valence-electron chi connectivity index (χ1n) is 9.83. The minimum atomic E-state index is -5.32. The lowest BCUT2D eigenvalue weighted by Gasteiger charge is -2.19. The monoisotopic (exact) mass is 552 g/mol. The van der Waals surface area contributed by atoms with Gasteiger partial charge in [0.25, 0.3) is 0 Å². The number of phosphoric acid groups is 2. The molecule has 1 aromatic heterocycles. The average molecular weight is 552 g/mol. The summed E-state index contributed by atoms with van der Waals surface area (Å²) in [5.41, 5.74) is 10.1. The Hall–Kier alpha value is -2.69. The number of aliphatic hydroxyl groups excluding tert-OH is 2. The number of nitrogen functional groups attached to an aromatic ring is 2. The highest BCUT2D eigenvalue weighted by Gasteiger charge is 2.46. The van der Waals surface area contributed by atoms with Crippen molar-refractivity contribution in [1.29, 1.82) is 0 Å².